The highest BCUT2D eigenvalue weighted by molar-refractivity contribution is 7.99. The smallest absolute Gasteiger partial charge is 0.321 e. The molecule has 1 aromatic heterocycles. The van der Waals surface area contributed by atoms with Crippen LogP contribution in [0, 0.1) is 0 Å². The van der Waals surface area contributed by atoms with Gasteiger partial charge in [0, 0.05) is 23.1 Å². The number of nitrogens with two attached hydrogens (primary N) is 2. The average Bonchev–Trinajstić information content (AvgIpc) is 2.82. The lowest BCUT2D eigenvalue weighted by Crippen LogP contribution is -2.33. The Morgan fingerprint density at radius 2 is 1.77 bits per heavy atom. The van der Waals surface area contributed by atoms with Crippen molar-refractivity contribution < 1.29 is 19.8 Å². The van der Waals surface area contributed by atoms with Crippen LogP contribution in [0.1, 0.15) is 5.56 Å². The van der Waals surface area contributed by atoms with Gasteiger partial charge >= 0.3 is 11.9 Å². The molecule has 1 aromatic carbocycles. The Balaban J connectivity index is 2.31. The highest BCUT2D eigenvalue weighted by atomic mass is 32.2. The molecule has 0 aliphatic carbocycles. The molecule has 0 fully saturated rings. The van der Waals surface area contributed by atoms with Gasteiger partial charge in [0.05, 0.1) is 5.03 Å². The minimum absolute atomic E-state index is 0.157. The first kappa shape index (κ1) is 16.3. The van der Waals surface area contributed by atoms with Crippen molar-refractivity contribution in [3.05, 3.63) is 29.8 Å². The van der Waals surface area contributed by atoms with Crippen molar-refractivity contribution in [2.75, 3.05) is 5.75 Å². The van der Waals surface area contributed by atoms with Gasteiger partial charge in [0.15, 0.2) is 0 Å². The fraction of sp³-hybridized carbons (Fsp3) is 0.286. The number of thioether (sulfide) groups is 1. The van der Waals surface area contributed by atoms with E-state index in [0.717, 1.165) is 16.5 Å². The molecule has 2 aromatic rings. The fourth-order valence-corrected chi connectivity index (χ4v) is 3.09. The lowest BCUT2D eigenvalue weighted by atomic mass is 10.1. The molecule has 118 valence electrons. The third-order valence-corrected chi connectivity index (χ3v) is 4.40. The minimum atomic E-state index is -1.08. The molecule has 0 aliphatic rings. The van der Waals surface area contributed by atoms with Gasteiger partial charge in [-0.3, -0.25) is 9.59 Å². The van der Waals surface area contributed by atoms with Crippen molar-refractivity contribution in [2.24, 2.45) is 11.5 Å². The zero-order valence-electron chi connectivity index (χ0n) is 11.7. The monoisotopic (exact) mass is 323 g/mol. The predicted molar refractivity (Wildman–Crippen MR) is 83.9 cm³/mol. The largest absolute Gasteiger partial charge is 0.480 e. The Bertz CT molecular complexity index is 700. The summed E-state index contributed by atoms with van der Waals surface area (Å²) >= 11 is 1.25. The summed E-state index contributed by atoms with van der Waals surface area (Å²) < 4.78 is 0. The van der Waals surface area contributed by atoms with E-state index in [9.17, 15) is 9.59 Å². The van der Waals surface area contributed by atoms with Gasteiger partial charge in [-0.05, 0) is 11.6 Å². The molecule has 1 unspecified atom stereocenters. The molecular weight excluding hydrogens is 306 g/mol. The second kappa shape index (κ2) is 6.82. The van der Waals surface area contributed by atoms with E-state index in [0.29, 0.717) is 5.03 Å². The van der Waals surface area contributed by atoms with Gasteiger partial charge in [-0.25, -0.2) is 0 Å². The normalized spacial score (nSPS) is 13.9. The summed E-state index contributed by atoms with van der Waals surface area (Å²) in [4.78, 5) is 25.0. The van der Waals surface area contributed by atoms with Gasteiger partial charge < -0.3 is 26.7 Å². The standard InChI is InChI=1S/C14H17N3O4S/c15-9(13(18)19)5-8-7-3-1-2-4-11(7)17-12(8)22-6-10(16)14(20)21/h1-4,9-10,17H,5-6,15-16H2,(H,18,19)(H,20,21)/t9-,10?/m1/s1. The molecule has 7 nitrogen and oxygen atoms in total. The summed E-state index contributed by atoms with van der Waals surface area (Å²) in [5.74, 6) is -1.98. The van der Waals surface area contributed by atoms with E-state index in [1.165, 1.54) is 11.8 Å². The van der Waals surface area contributed by atoms with Gasteiger partial charge in [0.25, 0.3) is 0 Å². The third kappa shape index (κ3) is 3.59. The maximum atomic E-state index is 11.0. The Morgan fingerprint density at radius 1 is 1.14 bits per heavy atom. The van der Waals surface area contributed by atoms with Crippen molar-refractivity contribution >= 4 is 34.6 Å². The lowest BCUT2D eigenvalue weighted by Gasteiger charge is -2.09. The van der Waals surface area contributed by atoms with Crippen molar-refractivity contribution in [2.45, 2.75) is 23.5 Å². The van der Waals surface area contributed by atoms with Crippen LogP contribution in [0.15, 0.2) is 29.3 Å². The van der Waals surface area contributed by atoms with E-state index < -0.39 is 24.0 Å². The molecule has 0 saturated heterocycles. The zero-order valence-corrected chi connectivity index (χ0v) is 12.5. The number of aromatic amines is 1. The van der Waals surface area contributed by atoms with Crippen LogP contribution in [0.25, 0.3) is 10.9 Å². The van der Waals surface area contributed by atoms with E-state index >= 15 is 0 Å². The van der Waals surface area contributed by atoms with Crippen LogP contribution >= 0.6 is 11.8 Å². The highest BCUT2D eigenvalue weighted by Gasteiger charge is 2.20. The SMILES string of the molecule is NC(CSc1[nH]c2ccccc2c1C[C@@H](N)C(=O)O)C(=O)O. The number of hydrogen-bond donors (Lipinski definition) is 5. The second-order valence-corrected chi connectivity index (χ2v) is 5.91. The topological polar surface area (TPSA) is 142 Å². The lowest BCUT2D eigenvalue weighted by molar-refractivity contribution is -0.139. The number of fused-ring (bicyclic) bond motifs is 1. The van der Waals surface area contributed by atoms with Crippen LogP contribution in [0.4, 0.5) is 0 Å². The number of aromatic nitrogens is 1. The molecule has 0 bridgehead atoms. The highest BCUT2D eigenvalue weighted by Crippen LogP contribution is 2.30. The minimum Gasteiger partial charge on any atom is -0.480 e. The zero-order chi connectivity index (χ0) is 16.3. The number of carbonyl (C=O) groups is 2. The summed E-state index contributed by atoms with van der Waals surface area (Å²) in [6.45, 7) is 0. The van der Waals surface area contributed by atoms with Crippen LogP contribution in [-0.4, -0.2) is 45.0 Å². The molecule has 0 radical (unpaired) electrons. The maximum Gasteiger partial charge on any atom is 0.321 e. The molecule has 22 heavy (non-hydrogen) atoms. The molecular formula is C14H17N3O4S. The van der Waals surface area contributed by atoms with E-state index in [1.54, 1.807) is 0 Å². The molecule has 1 heterocycles. The summed E-state index contributed by atoms with van der Waals surface area (Å²) in [6, 6.07) is 5.44. The fourth-order valence-electron chi connectivity index (χ4n) is 2.05. The predicted octanol–water partition coefficient (Wildman–Crippen LogP) is 0.626. The van der Waals surface area contributed by atoms with Gasteiger partial charge in [0.1, 0.15) is 12.1 Å². The van der Waals surface area contributed by atoms with Crippen LogP contribution in [0.3, 0.4) is 0 Å². The molecule has 7 N–H and O–H groups in total. The van der Waals surface area contributed by atoms with Gasteiger partial charge in [-0.1, -0.05) is 18.2 Å². The van der Waals surface area contributed by atoms with Crippen molar-refractivity contribution in [3.63, 3.8) is 0 Å². The summed E-state index contributed by atoms with van der Waals surface area (Å²) in [6.07, 6.45) is 0.157. The quantitative estimate of drug-likeness (QED) is 0.470. The van der Waals surface area contributed by atoms with Crippen LogP contribution < -0.4 is 11.5 Å². The number of carboxylic acid groups (broad SMARTS) is 2. The number of para-hydroxylation sites is 1. The van der Waals surface area contributed by atoms with Gasteiger partial charge in [-0.15, -0.1) is 11.8 Å². The average molecular weight is 323 g/mol. The molecule has 0 amide bonds. The molecule has 2 atom stereocenters. The Hall–Kier alpha value is -2.03. The number of aliphatic carboxylic acids is 2. The summed E-state index contributed by atoms with van der Waals surface area (Å²) in [5.41, 5.74) is 12.8. The molecule has 0 spiro atoms. The number of hydrogen-bond acceptors (Lipinski definition) is 5. The van der Waals surface area contributed by atoms with Gasteiger partial charge in [0.2, 0.25) is 0 Å². The van der Waals surface area contributed by atoms with Gasteiger partial charge in [-0.2, -0.15) is 0 Å². The molecule has 2 rings (SSSR count). The maximum absolute atomic E-state index is 11.0. The number of H-pyrrole nitrogens is 1. The first-order chi connectivity index (χ1) is 10.4. The van der Waals surface area contributed by atoms with Crippen LogP contribution in [0.5, 0.6) is 0 Å². The number of rotatable bonds is 7. The first-order valence-corrected chi connectivity index (χ1v) is 7.58. The van der Waals surface area contributed by atoms with E-state index in [1.807, 2.05) is 24.3 Å². The Labute approximate surface area is 130 Å². The van der Waals surface area contributed by atoms with Crippen molar-refractivity contribution in [1.82, 2.24) is 4.98 Å². The molecule has 8 heteroatoms. The Kier molecular flexibility index (Phi) is 5.07. The van der Waals surface area contributed by atoms with Crippen LogP contribution in [0.2, 0.25) is 0 Å². The third-order valence-electron chi connectivity index (χ3n) is 3.24. The van der Waals surface area contributed by atoms with E-state index in [-0.39, 0.29) is 12.2 Å². The number of benzene rings is 1. The van der Waals surface area contributed by atoms with E-state index in [4.69, 9.17) is 21.7 Å². The summed E-state index contributed by atoms with van der Waals surface area (Å²) in [7, 11) is 0. The van der Waals surface area contributed by atoms with Crippen LogP contribution in [-0.2, 0) is 16.0 Å². The van der Waals surface area contributed by atoms with Crippen molar-refractivity contribution in [3.8, 4) is 0 Å². The first-order valence-electron chi connectivity index (χ1n) is 6.59. The second-order valence-electron chi connectivity index (χ2n) is 4.88. The number of nitrogens with one attached hydrogen (secondary N) is 1. The van der Waals surface area contributed by atoms with Crippen molar-refractivity contribution in [1.29, 1.82) is 0 Å². The van der Waals surface area contributed by atoms with E-state index in [2.05, 4.69) is 4.98 Å². The summed E-state index contributed by atoms with van der Waals surface area (Å²) in [5, 5.41) is 19.4. The molecule has 0 saturated carbocycles. The molecule has 0 aliphatic heterocycles. The Morgan fingerprint density at radius 3 is 2.41 bits per heavy atom. The number of carboxylic acids is 2.